The molecule has 0 fully saturated rings. The molecule has 0 saturated heterocycles. The molecule has 0 aliphatic rings. The van der Waals surface area contributed by atoms with Crippen molar-refractivity contribution < 1.29 is 13.9 Å². The first-order chi connectivity index (χ1) is 9.22. The maximum Gasteiger partial charge on any atom is 0.307 e. The second-order valence-corrected chi connectivity index (χ2v) is 3.82. The molecule has 0 aliphatic carbocycles. The maximum absolute atomic E-state index is 11.7. The highest BCUT2D eigenvalue weighted by Crippen LogP contribution is 2.17. The lowest BCUT2D eigenvalue weighted by Crippen LogP contribution is -2.18. The van der Waals surface area contributed by atoms with E-state index in [1.54, 1.807) is 26.2 Å². The molecule has 5 nitrogen and oxygen atoms in total. The number of carbonyl (C=O) groups excluding carboxylic acids is 1. The fraction of sp³-hybridized carbons (Fsp3) is 0.143. The Bertz CT molecular complexity index is 588. The minimum atomic E-state index is -0.390. The Morgan fingerprint density at radius 1 is 1.26 bits per heavy atom. The minimum absolute atomic E-state index is 0.219. The van der Waals surface area contributed by atoms with Crippen LogP contribution < -0.4 is 10.2 Å². The van der Waals surface area contributed by atoms with Crippen LogP contribution in [-0.2, 0) is 0 Å². The van der Waals surface area contributed by atoms with Gasteiger partial charge < -0.3 is 9.15 Å². The number of amides is 1. The first kappa shape index (κ1) is 12.9. The number of nitrogens with zero attached hydrogens (tertiary/aromatic N) is 1. The number of methoxy groups -OCH3 is 1. The summed E-state index contributed by atoms with van der Waals surface area (Å²) in [6, 6.07) is 10.7. The van der Waals surface area contributed by atoms with Gasteiger partial charge in [0.05, 0.1) is 19.1 Å². The van der Waals surface area contributed by atoms with Gasteiger partial charge in [-0.2, -0.15) is 5.10 Å². The van der Waals surface area contributed by atoms with Gasteiger partial charge in [0.15, 0.2) is 5.76 Å². The number of ether oxygens (including phenoxy) is 1. The van der Waals surface area contributed by atoms with E-state index in [0.29, 0.717) is 11.5 Å². The lowest BCUT2D eigenvalue weighted by molar-refractivity contribution is 0.0927. The van der Waals surface area contributed by atoms with Gasteiger partial charge in [0.1, 0.15) is 5.75 Å². The molecule has 0 atom stereocenters. The molecule has 1 heterocycles. The third-order valence-corrected chi connectivity index (χ3v) is 2.57. The van der Waals surface area contributed by atoms with Crippen LogP contribution in [0.2, 0.25) is 0 Å². The fourth-order valence-corrected chi connectivity index (χ4v) is 1.60. The third kappa shape index (κ3) is 3.01. The molecule has 2 rings (SSSR count). The molecule has 0 spiro atoms. The van der Waals surface area contributed by atoms with Crippen molar-refractivity contribution in [2.45, 2.75) is 6.92 Å². The van der Waals surface area contributed by atoms with Gasteiger partial charge in [-0.3, -0.25) is 4.79 Å². The first-order valence-corrected chi connectivity index (χ1v) is 5.74. The molecular weight excluding hydrogens is 244 g/mol. The van der Waals surface area contributed by atoms with Crippen molar-refractivity contribution in [2.24, 2.45) is 5.10 Å². The molecule has 0 saturated carbocycles. The number of carbonyl (C=O) groups is 1. The largest absolute Gasteiger partial charge is 0.496 e. The molecule has 0 unspecified atom stereocenters. The van der Waals surface area contributed by atoms with E-state index < -0.39 is 0 Å². The van der Waals surface area contributed by atoms with Crippen LogP contribution in [0.5, 0.6) is 5.75 Å². The van der Waals surface area contributed by atoms with Gasteiger partial charge in [0.2, 0.25) is 0 Å². The summed E-state index contributed by atoms with van der Waals surface area (Å²) in [5.74, 6) is 0.534. The van der Waals surface area contributed by atoms with Crippen molar-refractivity contribution in [1.82, 2.24) is 5.43 Å². The topological polar surface area (TPSA) is 63.8 Å². The molecule has 98 valence electrons. The van der Waals surface area contributed by atoms with E-state index in [1.807, 2.05) is 24.3 Å². The number of hydrogen-bond acceptors (Lipinski definition) is 4. The Balaban J connectivity index is 2.13. The van der Waals surface area contributed by atoms with Gasteiger partial charge in [0, 0.05) is 5.56 Å². The van der Waals surface area contributed by atoms with Crippen LogP contribution in [0.1, 0.15) is 23.0 Å². The average molecular weight is 258 g/mol. The minimum Gasteiger partial charge on any atom is -0.496 e. The average Bonchev–Trinajstić information content (AvgIpc) is 2.98. The molecule has 1 aromatic carbocycles. The van der Waals surface area contributed by atoms with Crippen molar-refractivity contribution in [2.75, 3.05) is 7.11 Å². The van der Waals surface area contributed by atoms with Gasteiger partial charge in [-0.1, -0.05) is 12.1 Å². The van der Waals surface area contributed by atoms with Crippen molar-refractivity contribution in [3.63, 3.8) is 0 Å². The van der Waals surface area contributed by atoms with E-state index in [1.165, 1.54) is 6.26 Å². The normalized spacial score (nSPS) is 11.2. The van der Waals surface area contributed by atoms with Gasteiger partial charge in [-0.05, 0) is 31.2 Å². The van der Waals surface area contributed by atoms with Crippen LogP contribution in [0.3, 0.4) is 0 Å². The monoisotopic (exact) mass is 258 g/mol. The summed E-state index contributed by atoms with van der Waals surface area (Å²) in [4.78, 5) is 11.7. The van der Waals surface area contributed by atoms with Crippen LogP contribution in [-0.4, -0.2) is 18.7 Å². The van der Waals surface area contributed by atoms with Crippen LogP contribution in [0.4, 0.5) is 0 Å². The van der Waals surface area contributed by atoms with Crippen molar-refractivity contribution in [3.8, 4) is 5.75 Å². The molecule has 0 bridgehead atoms. The molecule has 1 N–H and O–H groups in total. The van der Waals surface area contributed by atoms with E-state index in [0.717, 1.165) is 5.56 Å². The smallest absolute Gasteiger partial charge is 0.307 e. The van der Waals surface area contributed by atoms with Crippen molar-refractivity contribution in [1.29, 1.82) is 0 Å². The molecular formula is C14H14N2O3. The van der Waals surface area contributed by atoms with Gasteiger partial charge in [-0.25, -0.2) is 5.43 Å². The zero-order valence-electron chi connectivity index (χ0n) is 10.7. The van der Waals surface area contributed by atoms with Crippen molar-refractivity contribution in [3.05, 3.63) is 54.0 Å². The summed E-state index contributed by atoms with van der Waals surface area (Å²) in [6.45, 7) is 1.79. The predicted molar refractivity (Wildman–Crippen MR) is 71.4 cm³/mol. The summed E-state index contributed by atoms with van der Waals surface area (Å²) in [5.41, 5.74) is 3.91. The van der Waals surface area contributed by atoms with E-state index in [9.17, 15) is 4.79 Å². The maximum atomic E-state index is 11.7. The molecule has 19 heavy (non-hydrogen) atoms. The van der Waals surface area contributed by atoms with E-state index >= 15 is 0 Å². The predicted octanol–water partition coefficient (Wildman–Crippen LogP) is 2.44. The highest BCUT2D eigenvalue weighted by atomic mass is 16.5. The number of rotatable bonds is 4. The van der Waals surface area contributed by atoms with E-state index in [4.69, 9.17) is 9.15 Å². The summed E-state index contributed by atoms with van der Waals surface area (Å²) >= 11 is 0. The highest BCUT2D eigenvalue weighted by Gasteiger charge is 2.09. The lowest BCUT2D eigenvalue weighted by atomic mass is 10.1. The van der Waals surface area contributed by atoms with Gasteiger partial charge in [0.25, 0.3) is 0 Å². The highest BCUT2D eigenvalue weighted by molar-refractivity contribution is 6.02. The van der Waals surface area contributed by atoms with Gasteiger partial charge >= 0.3 is 5.91 Å². The molecule has 2 aromatic rings. The van der Waals surface area contributed by atoms with Crippen molar-refractivity contribution >= 4 is 11.6 Å². The van der Waals surface area contributed by atoms with Crippen LogP contribution in [0.15, 0.2) is 52.2 Å². The number of benzene rings is 1. The molecule has 5 heteroatoms. The SMILES string of the molecule is COc1ccccc1/C(C)=N\NC(=O)c1ccco1. The Hall–Kier alpha value is -2.56. The lowest BCUT2D eigenvalue weighted by Gasteiger charge is -2.07. The number of hydrogen-bond donors (Lipinski definition) is 1. The number of nitrogens with one attached hydrogen (secondary N) is 1. The number of hydrazone groups is 1. The van der Waals surface area contributed by atoms with Crippen LogP contribution in [0, 0.1) is 0 Å². The third-order valence-electron chi connectivity index (χ3n) is 2.57. The Morgan fingerprint density at radius 2 is 2.05 bits per heavy atom. The first-order valence-electron chi connectivity index (χ1n) is 5.74. The second-order valence-electron chi connectivity index (χ2n) is 3.82. The summed E-state index contributed by atoms with van der Waals surface area (Å²) in [5, 5.41) is 4.04. The second kappa shape index (κ2) is 5.86. The summed E-state index contributed by atoms with van der Waals surface area (Å²) in [7, 11) is 1.59. The van der Waals surface area contributed by atoms with Crippen LogP contribution in [0.25, 0.3) is 0 Å². The van der Waals surface area contributed by atoms with Crippen LogP contribution >= 0.6 is 0 Å². The standard InChI is InChI=1S/C14H14N2O3/c1-10(11-6-3-4-7-12(11)18-2)15-16-14(17)13-8-5-9-19-13/h3-9H,1-2H3,(H,16,17)/b15-10-. The number of para-hydroxylation sites is 1. The van der Waals surface area contributed by atoms with Gasteiger partial charge in [-0.15, -0.1) is 0 Å². The molecule has 0 aliphatic heterocycles. The molecule has 1 amide bonds. The fourth-order valence-electron chi connectivity index (χ4n) is 1.60. The number of furan rings is 1. The molecule has 1 aromatic heterocycles. The van der Waals surface area contributed by atoms with E-state index in [2.05, 4.69) is 10.5 Å². The summed E-state index contributed by atoms with van der Waals surface area (Å²) < 4.78 is 10.2. The molecule has 0 radical (unpaired) electrons. The zero-order valence-corrected chi connectivity index (χ0v) is 10.7. The summed E-state index contributed by atoms with van der Waals surface area (Å²) in [6.07, 6.45) is 1.44. The zero-order chi connectivity index (χ0) is 13.7. The quantitative estimate of drug-likeness (QED) is 0.676. The van der Waals surface area contributed by atoms with E-state index in [-0.39, 0.29) is 11.7 Å². The Morgan fingerprint density at radius 3 is 2.74 bits per heavy atom. The Kier molecular flexibility index (Phi) is 3.97. The Labute approximate surface area is 110 Å².